The minimum absolute atomic E-state index is 0.0915. The number of fused-ring (bicyclic) bond motifs is 1. The number of H-pyrrole nitrogens is 1. The molecule has 1 aliphatic rings. The highest BCUT2D eigenvalue weighted by molar-refractivity contribution is 5.29. The molecule has 0 aliphatic heterocycles. The second kappa shape index (κ2) is 5.25. The topological polar surface area (TPSA) is 45.8 Å². The van der Waals surface area contributed by atoms with Crippen molar-refractivity contribution in [3.05, 3.63) is 27.4 Å². The van der Waals surface area contributed by atoms with E-state index >= 15 is 0 Å². The molecule has 1 heterocycles. The third-order valence-corrected chi connectivity index (χ3v) is 4.18. The zero-order valence-electron chi connectivity index (χ0n) is 11.8. The Kier molecular flexibility index (Phi) is 3.88. The van der Waals surface area contributed by atoms with Crippen molar-refractivity contribution >= 4 is 0 Å². The number of nitrogens with zero attached hydrogens (tertiary/aromatic N) is 1. The Morgan fingerprint density at radius 1 is 1.28 bits per heavy atom. The van der Waals surface area contributed by atoms with E-state index in [1.165, 1.54) is 6.42 Å². The zero-order chi connectivity index (χ0) is 13.2. The van der Waals surface area contributed by atoms with Crippen LogP contribution in [0, 0.1) is 6.92 Å². The average molecular weight is 248 g/mol. The first-order valence-electron chi connectivity index (χ1n) is 7.23. The van der Waals surface area contributed by atoms with Crippen molar-refractivity contribution in [2.45, 2.75) is 71.1 Å². The standard InChI is InChI=1S/C15H24N2O/c1-4-8-15(9-5-2)10-6-7-12-13(15)16-11(3)17-14(12)18/h4-10H2,1-3H3,(H,16,17,18). The Bertz CT molecular complexity index is 470. The molecular weight excluding hydrogens is 224 g/mol. The second-order valence-electron chi connectivity index (χ2n) is 5.61. The molecule has 0 bridgehead atoms. The van der Waals surface area contributed by atoms with Crippen molar-refractivity contribution in [1.29, 1.82) is 0 Å². The van der Waals surface area contributed by atoms with E-state index in [4.69, 9.17) is 4.98 Å². The summed E-state index contributed by atoms with van der Waals surface area (Å²) in [6.45, 7) is 6.34. The van der Waals surface area contributed by atoms with E-state index < -0.39 is 0 Å². The van der Waals surface area contributed by atoms with Gasteiger partial charge in [0.15, 0.2) is 0 Å². The fourth-order valence-electron chi connectivity index (χ4n) is 3.57. The minimum atomic E-state index is 0.0915. The van der Waals surface area contributed by atoms with Crippen molar-refractivity contribution < 1.29 is 0 Å². The number of aryl methyl sites for hydroxylation is 1. The monoisotopic (exact) mass is 248 g/mol. The summed E-state index contributed by atoms with van der Waals surface area (Å²) < 4.78 is 0. The lowest BCUT2D eigenvalue weighted by Gasteiger charge is -2.38. The molecule has 0 radical (unpaired) electrons. The van der Waals surface area contributed by atoms with Gasteiger partial charge in [-0.1, -0.05) is 26.7 Å². The predicted octanol–water partition coefficient (Wildman–Crippen LogP) is 3.25. The summed E-state index contributed by atoms with van der Waals surface area (Å²) in [7, 11) is 0. The maximum absolute atomic E-state index is 12.1. The lowest BCUT2D eigenvalue weighted by Crippen LogP contribution is -2.36. The van der Waals surface area contributed by atoms with E-state index in [0.717, 1.165) is 55.6 Å². The second-order valence-corrected chi connectivity index (χ2v) is 5.61. The number of rotatable bonds is 4. The fourth-order valence-corrected chi connectivity index (χ4v) is 3.57. The molecule has 2 rings (SSSR count). The number of hydrogen-bond donors (Lipinski definition) is 1. The minimum Gasteiger partial charge on any atom is -0.311 e. The molecule has 0 fully saturated rings. The lowest BCUT2D eigenvalue weighted by atomic mass is 9.68. The first-order chi connectivity index (χ1) is 8.63. The maximum Gasteiger partial charge on any atom is 0.254 e. The van der Waals surface area contributed by atoms with E-state index in [-0.39, 0.29) is 11.0 Å². The largest absolute Gasteiger partial charge is 0.311 e. The SMILES string of the molecule is CCCC1(CCC)CCCc2c1nc(C)[nH]c2=O. The van der Waals surface area contributed by atoms with E-state index in [9.17, 15) is 4.79 Å². The Hall–Kier alpha value is -1.12. The summed E-state index contributed by atoms with van der Waals surface area (Å²) in [4.78, 5) is 19.6. The van der Waals surface area contributed by atoms with Gasteiger partial charge in [0.1, 0.15) is 5.82 Å². The van der Waals surface area contributed by atoms with Gasteiger partial charge in [-0.2, -0.15) is 0 Å². The quantitative estimate of drug-likeness (QED) is 0.889. The average Bonchev–Trinajstić information content (AvgIpc) is 2.31. The van der Waals surface area contributed by atoms with Gasteiger partial charge in [0.25, 0.3) is 5.56 Å². The van der Waals surface area contributed by atoms with E-state index in [0.29, 0.717) is 0 Å². The van der Waals surface area contributed by atoms with Crippen molar-refractivity contribution in [3.63, 3.8) is 0 Å². The molecule has 0 amide bonds. The molecule has 1 aromatic rings. The van der Waals surface area contributed by atoms with Gasteiger partial charge in [-0.05, 0) is 39.0 Å². The molecule has 100 valence electrons. The van der Waals surface area contributed by atoms with Gasteiger partial charge in [0.2, 0.25) is 0 Å². The van der Waals surface area contributed by atoms with Crippen LogP contribution in [0.4, 0.5) is 0 Å². The molecule has 18 heavy (non-hydrogen) atoms. The predicted molar refractivity (Wildman–Crippen MR) is 74.0 cm³/mol. The first kappa shape index (κ1) is 13.3. The van der Waals surface area contributed by atoms with Crippen LogP contribution in [0.25, 0.3) is 0 Å². The van der Waals surface area contributed by atoms with Gasteiger partial charge < -0.3 is 4.98 Å². The fraction of sp³-hybridized carbons (Fsp3) is 0.733. The van der Waals surface area contributed by atoms with Crippen molar-refractivity contribution in [1.82, 2.24) is 9.97 Å². The van der Waals surface area contributed by atoms with Gasteiger partial charge in [-0.25, -0.2) is 4.98 Å². The Balaban J connectivity index is 2.57. The molecule has 0 saturated heterocycles. The molecule has 0 spiro atoms. The third-order valence-electron chi connectivity index (χ3n) is 4.18. The summed E-state index contributed by atoms with van der Waals surface area (Å²) in [5, 5.41) is 0. The summed E-state index contributed by atoms with van der Waals surface area (Å²) in [5.41, 5.74) is 2.32. The molecule has 1 aliphatic carbocycles. The summed E-state index contributed by atoms with van der Waals surface area (Å²) >= 11 is 0. The molecule has 1 aromatic heterocycles. The molecule has 0 atom stereocenters. The summed E-state index contributed by atoms with van der Waals surface area (Å²) in [6.07, 6.45) is 7.85. The van der Waals surface area contributed by atoms with Crippen molar-refractivity contribution in [2.75, 3.05) is 0 Å². The number of aromatic amines is 1. The van der Waals surface area contributed by atoms with Gasteiger partial charge >= 0.3 is 0 Å². The molecule has 1 N–H and O–H groups in total. The van der Waals surface area contributed by atoms with E-state index in [1.54, 1.807) is 0 Å². The van der Waals surface area contributed by atoms with Crippen LogP contribution in [0.15, 0.2) is 4.79 Å². The van der Waals surface area contributed by atoms with Crippen LogP contribution < -0.4 is 5.56 Å². The van der Waals surface area contributed by atoms with Crippen LogP contribution in [0.3, 0.4) is 0 Å². The van der Waals surface area contributed by atoms with Crippen LogP contribution in [0.1, 0.15) is 69.5 Å². The molecule has 0 saturated carbocycles. The highest BCUT2D eigenvalue weighted by Crippen LogP contribution is 2.42. The van der Waals surface area contributed by atoms with Gasteiger partial charge in [0, 0.05) is 11.0 Å². The zero-order valence-corrected chi connectivity index (χ0v) is 11.8. The Morgan fingerprint density at radius 2 is 1.94 bits per heavy atom. The number of aromatic nitrogens is 2. The Labute approximate surface area is 109 Å². The first-order valence-corrected chi connectivity index (χ1v) is 7.23. The highest BCUT2D eigenvalue weighted by atomic mass is 16.1. The van der Waals surface area contributed by atoms with Crippen LogP contribution >= 0.6 is 0 Å². The molecule has 3 nitrogen and oxygen atoms in total. The van der Waals surface area contributed by atoms with Gasteiger partial charge in [0.05, 0.1) is 5.69 Å². The summed E-state index contributed by atoms with van der Waals surface area (Å²) in [6, 6.07) is 0. The van der Waals surface area contributed by atoms with Crippen LogP contribution in [0.2, 0.25) is 0 Å². The normalized spacial score (nSPS) is 17.5. The summed E-state index contributed by atoms with van der Waals surface area (Å²) in [5.74, 6) is 0.761. The van der Waals surface area contributed by atoms with Crippen molar-refractivity contribution in [2.24, 2.45) is 0 Å². The molecule has 3 heteroatoms. The van der Waals surface area contributed by atoms with E-state index in [2.05, 4.69) is 18.8 Å². The molecule has 0 aromatic carbocycles. The van der Waals surface area contributed by atoms with Crippen LogP contribution in [0.5, 0.6) is 0 Å². The number of hydrogen-bond acceptors (Lipinski definition) is 2. The van der Waals surface area contributed by atoms with Crippen LogP contribution in [-0.2, 0) is 11.8 Å². The third kappa shape index (κ3) is 2.23. The molecular formula is C15H24N2O. The highest BCUT2D eigenvalue weighted by Gasteiger charge is 2.37. The van der Waals surface area contributed by atoms with Gasteiger partial charge in [-0.3, -0.25) is 4.79 Å². The van der Waals surface area contributed by atoms with Crippen molar-refractivity contribution in [3.8, 4) is 0 Å². The lowest BCUT2D eigenvalue weighted by molar-refractivity contribution is 0.293. The maximum atomic E-state index is 12.1. The van der Waals surface area contributed by atoms with Gasteiger partial charge in [-0.15, -0.1) is 0 Å². The Morgan fingerprint density at radius 3 is 2.56 bits per heavy atom. The van der Waals surface area contributed by atoms with Crippen LogP contribution in [-0.4, -0.2) is 9.97 Å². The van der Waals surface area contributed by atoms with E-state index in [1.807, 2.05) is 6.92 Å². The number of nitrogens with one attached hydrogen (secondary N) is 1. The molecule has 0 unspecified atom stereocenters. The smallest absolute Gasteiger partial charge is 0.254 e.